The summed E-state index contributed by atoms with van der Waals surface area (Å²) >= 11 is 0. The highest BCUT2D eigenvalue weighted by Gasteiger charge is 2.55. The van der Waals surface area contributed by atoms with E-state index in [1.54, 1.807) is 0 Å². The van der Waals surface area contributed by atoms with Gasteiger partial charge in [0.15, 0.2) is 17.1 Å². The predicted octanol–water partition coefficient (Wildman–Crippen LogP) is 3.38. The fourth-order valence-electron chi connectivity index (χ4n) is 4.36. The summed E-state index contributed by atoms with van der Waals surface area (Å²) < 4.78 is 22.5. The van der Waals surface area contributed by atoms with Crippen molar-refractivity contribution in [3.63, 3.8) is 0 Å². The predicted molar refractivity (Wildman–Crippen MR) is 108 cm³/mol. The molecule has 0 aliphatic carbocycles. The van der Waals surface area contributed by atoms with Crippen molar-refractivity contribution in [2.45, 2.75) is 5.60 Å². The molecule has 0 radical (unpaired) electrons. The first-order valence-electron chi connectivity index (χ1n) is 9.42. The smallest absolute Gasteiger partial charge is 0.344 e. The maximum absolute atomic E-state index is 13.2. The number of ether oxygens (including phenoxy) is 4. The summed E-state index contributed by atoms with van der Waals surface area (Å²) in [5, 5.41) is 29.8. The number of aromatic carboxylic acids is 1. The fourth-order valence-corrected chi connectivity index (χ4v) is 4.36. The third-order valence-corrected chi connectivity index (χ3v) is 5.61. The quantitative estimate of drug-likeness (QED) is 0.529. The van der Waals surface area contributed by atoms with E-state index in [1.165, 1.54) is 56.7 Å². The molecule has 0 atom stereocenters. The Morgan fingerprint density at radius 2 is 1.44 bits per heavy atom. The van der Waals surface area contributed by atoms with E-state index in [0.29, 0.717) is 11.1 Å². The van der Waals surface area contributed by atoms with Gasteiger partial charge >= 0.3 is 11.9 Å². The molecule has 162 valence electrons. The molecule has 0 bridgehead atoms. The molecule has 9 heteroatoms. The maximum atomic E-state index is 13.2. The first-order valence-corrected chi connectivity index (χ1v) is 9.42. The second kappa shape index (κ2) is 6.55. The first kappa shape index (κ1) is 19.6. The van der Waals surface area contributed by atoms with E-state index in [-0.39, 0.29) is 51.2 Å². The zero-order valence-electron chi connectivity index (χ0n) is 16.8. The number of rotatable bonds is 3. The van der Waals surface area contributed by atoms with Gasteiger partial charge < -0.3 is 34.3 Å². The number of esters is 1. The Morgan fingerprint density at radius 1 is 0.875 bits per heavy atom. The zero-order chi connectivity index (χ0) is 22.8. The average Bonchev–Trinajstić information content (AvgIpc) is 3.04. The molecular weight excluding hydrogens is 420 g/mol. The van der Waals surface area contributed by atoms with E-state index in [2.05, 4.69) is 0 Å². The number of carbonyl (C=O) groups is 2. The van der Waals surface area contributed by atoms with Crippen molar-refractivity contribution in [3.8, 4) is 34.5 Å². The summed E-state index contributed by atoms with van der Waals surface area (Å²) in [4.78, 5) is 25.2. The Labute approximate surface area is 181 Å². The molecule has 3 N–H and O–H groups in total. The highest BCUT2D eigenvalue weighted by molar-refractivity contribution is 6.04. The Hall–Kier alpha value is -4.40. The molecule has 3 aromatic rings. The lowest BCUT2D eigenvalue weighted by Crippen LogP contribution is -2.33. The van der Waals surface area contributed by atoms with Crippen molar-refractivity contribution in [3.05, 3.63) is 70.3 Å². The van der Waals surface area contributed by atoms with E-state index < -0.39 is 17.5 Å². The van der Waals surface area contributed by atoms with Crippen molar-refractivity contribution >= 4 is 11.9 Å². The van der Waals surface area contributed by atoms with Crippen LogP contribution in [-0.2, 0) is 10.3 Å². The van der Waals surface area contributed by atoms with Gasteiger partial charge in [0.05, 0.1) is 14.2 Å². The zero-order valence-corrected chi connectivity index (χ0v) is 16.8. The van der Waals surface area contributed by atoms with E-state index in [1.807, 2.05) is 0 Å². The van der Waals surface area contributed by atoms with Gasteiger partial charge in [-0.05, 0) is 30.3 Å². The molecule has 0 saturated heterocycles. The molecule has 0 saturated carbocycles. The molecule has 0 amide bonds. The van der Waals surface area contributed by atoms with Gasteiger partial charge in [-0.15, -0.1) is 0 Å². The number of phenolic OH excluding ortho intramolecular Hbond substituents is 2. The minimum absolute atomic E-state index is 0.00861. The summed E-state index contributed by atoms with van der Waals surface area (Å²) in [6.45, 7) is 0. The maximum Gasteiger partial charge on any atom is 0.344 e. The molecule has 2 aliphatic heterocycles. The molecule has 0 unspecified atom stereocenters. The van der Waals surface area contributed by atoms with Crippen molar-refractivity contribution in [2.75, 3.05) is 14.2 Å². The number of carbonyl (C=O) groups excluding carboxylic acids is 1. The van der Waals surface area contributed by atoms with Gasteiger partial charge in [-0.1, -0.05) is 0 Å². The molecule has 32 heavy (non-hydrogen) atoms. The first-order chi connectivity index (χ1) is 15.3. The number of hydrogen-bond acceptors (Lipinski definition) is 8. The highest BCUT2D eigenvalue weighted by atomic mass is 16.6. The third kappa shape index (κ3) is 2.38. The van der Waals surface area contributed by atoms with E-state index in [4.69, 9.17) is 18.9 Å². The summed E-state index contributed by atoms with van der Waals surface area (Å²) in [6, 6.07) is 9.85. The molecule has 0 aromatic heterocycles. The second-order valence-electron chi connectivity index (χ2n) is 7.25. The standard InChI is InChI=1S/C23H16O9/c1-29-19-12(21(26)27)9-15-18(20(19)30-2)22(28)32-23(15)13-5-3-10(24)7-16(13)31-17-8-11(25)4-6-14(17)23/h3-9,24-25H,1-2H3,(H,26,27). The number of hydrogen-bond donors (Lipinski definition) is 3. The van der Waals surface area contributed by atoms with Crippen LogP contribution in [0.1, 0.15) is 37.4 Å². The van der Waals surface area contributed by atoms with Gasteiger partial charge in [-0.2, -0.15) is 0 Å². The number of aromatic hydroxyl groups is 2. The number of fused-ring (bicyclic) bond motifs is 6. The molecular formula is C23H16O9. The van der Waals surface area contributed by atoms with Crippen LogP contribution < -0.4 is 14.2 Å². The third-order valence-electron chi connectivity index (χ3n) is 5.61. The van der Waals surface area contributed by atoms with Gasteiger partial charge in [0, 0.05) is 28.8 Å². The van der Waals surface area contributed by atoms with Crippen LogP contribution in [0.3, 0.4) is 0 Å². The number of benzene rings is 3. The van der Waals surface area contributed by atoms with E-state index in [9.17, 15) is 24.9 Å². The average molecular weight is 436 g/mol. The topological polar surface area (TPSA) is 132 Å². The Balaban J connectivity index is 1.95. The van der Waals surface area contributed by atoms with Gasteiger partial charge in [-0.3, -0.25) is 0 Å². The number of carboxylic acid groups (broad SMARTS) is 1. The minimum Gasteiger partial charge on any atom is -0.508 e. The van der Waals surface area contributed by atoms with Crippen LogP contribution in [0.4, 0.5) is 0 Å². The van der Waals surface area contributed by atoms with Crippen molar-refractivity contribution in [1.29, 1.82) is 0 Å². The molecule has 1 spiro atoms. The number of phenols is 2. The molecule has 0 fully saturated rings. The van der Waals surface area contributed by atoms with Gasteiger partial charge in [0.1, 0.15) is 34.1 Å². The molecule has 9 nitrogen and oxygen atoms in total. The Bertz CT molecular complexity index is 1270. The lowest BCUT2D eigenvalue weighted by molar-refractivity contribution is 0.0223. The summed E-state index contributed by atoms with van der Waals surface area (Å²) in [6.07, 6.45) is 0. The van der Waals surface area contributed by atoms with Gasteiger partial charge in [-0.25, -0.2) is 9.59 Å². The van der Waals surface area contributed by atoms with Crippen LogP contribution in [0.15, 0.2) is 42.5 Å². The largest absolute Gasteiger partial charge is 0.508 e. The summed E-state index contributed by atoms with van der Waals surface area (Å²) in [5.74, 6) is -2.07. The highest BCUT2D eigenvalue weighted by Crippen LogP contribution is 2.59. The lowest BCUT2D eigenvalue weighted by atomic mass is 9.77. The Morgan fingerprint density at radius 3 is 1.94 bits per heavy atom. The normalized spacial score (nSPS) is 14.6. The molecule has 5 rings (SSSR count). The minimum atomic E-state index is -1.61. The van der Waals surface area contributed by atoms with Crippen LogP contribution in [0.2, 0.25) is 0 Å². The van der Waals surface area contributed by atoms with Crippen molar-refractivity contribution < 1.29 is 43.9 Å². The van der Waals surface area contributed by atoms with Gasteiger partial charge in [0.2, 0.25) is 0 Å². The molecule has 3 aromatic carbocycles. The lowest BCUT2D eigenvalue weighted by Gasteiger charge is -2.36. The fraction of sp³-hybridized carbons (Fsp3) is 0.130. The van der Waals surface area contributed by atoms with Crippen molar-refractivity contribution in [2.24, 2.45) is 0 Å². The number of methoxy groups -OCH3 is 2. The van der Waals surface area contributed by atoms with E-state index in [0.717, 1.165) is 0 Å². The van der Waals surface area contributed by atoms with Crippen molar-refractivity contribution in [1.82, 2.24) is 0 Å². The second-order valence-corrected chi connectivity index (χ2v) is 7.25. The Kier molecular flexibility index (Phi) is 4.00. The monoisotopic (exact) mass is 436 g/mol. The molecule has 2 heterocycles. The van der Waals surface area contributed by atoms with Crippen LogP contribution in [0, 0.1) is 0 Å². The van der Waals surface area contributed by atoms with Crippen LogP contribution in [-0.4, -0.2) is 41.5 Å². The summed E-state index contributed by atoms with van der Waals surface area (Å²) in [5.41, 5.74) is -0.893. The van der Waals surface area contributed by atoms with Crippen LogP contribution >= 0.6 is 0 Å². The summed E-state index contributed by atoms with van der Waals surface area (Å²) in [7, 11) is 2.57. The van der Waals surface area contributed by atoms with E-state index >= 15 is 0 Å². The molecule has 2 aliphatic rings. The van der Waals surface area contributed by atoms with Gasteiger partial charge in [0.25, 0.3) is 0 Å². The van der Waals surface area contributed by atoms with Crippen LogP contribution in [0.5, 0.6) is 34.5 Å². The van der Waals surface area contributed by atoms with Crippen LogP contribution in [0.25, 0.3) is 0 Å². The number of carboxylic acids is 1. The SMILES string of the molecule is COc1c(C(=O)O)cc2c(c1OC)C(=O)OC21c2ccc(O)cc2Oc2cc(O)ccc21.